The highest BCUT2D eigenvalue weighted by molar-refractivity contribution is 5.92. The molecule has 2 aromatic carbocycles. The number of para-hydroxylation sites is 2. The summed E-state index contributed by atoms with van der Waals surface area (Å²) in [5.41, 5.74) is 3.17. The number of hydrogen-bond acceptors (Lipinski definition) is 3. The number of carbonyl (C=O) groups excluding carboxylic acids is 2. The number of H-pyrrole nitrogens is 1. The molecule has 3 aromatic rings. The molecule has 0 unspecified atom stereocenters. The molecule has 1 heterocycles. The lowest BCUT2D eigenvalue weighted by Crippen LogP contribution is -2.28. The molecule has 0 fully saturated rings. The first-order valence-corrected chi connectivity index (χ1v) is 8.63. The molecule has 3 amide bonds. The maximum atomic E-state index is 12.1. The van der Waals surface area contributed by atoms with Gasteiger partial charge in [-0.1, -0.05) is 18.2 Å². The predicted octanol–water partition coefficient (Wildman–Crippen LogP) is 3.44. The van der Waals surface area contributed by atoms with Crippen molar-refractivity contribution in [3.63, 3.8) is 0 Å². The summed E-state index contributed by atoms with van der Waals surface area (Å²) >= 11 is 0. The van der Waals surface area contributed by atoms with E-state index in [-0.39, 0.29) is 11.9 Å². The fourth-order valence-electron chi connectivity index (χ4n) is 2.56. The average Bonchev–Trinajstić information content (AvgIpc) is 3.09. The van der Waals surface area contributed by atoms with Gasteiger partial charge in [-0.15, -0.1) is 6.58 Å². The van der Waals surface area contributed by atoms with Gasteiger partial charge in [-0.05, 0) is 36.4 Å². The van der Waals surface area contributed by atoms with E-state index in [0.717, 1.165) is 16.9 Å². The number of rotatable bonds is 7. The summed E-state index contributed by atoms with van der Waals surface area (Å²) in [5, 5.41) is 8.15. The van der Waals surface area contributed by atoms with E-state index in [1.54, 1.807) is 30.3 Å². The fourth-order valence-corrected chi connectivity index (χ4v) is 2.56. The Labute approximate surface area is 156 Å². The minimum absolute atomic E-state index is 0.0973. The van der Waals surface area contributed by atoms with Crippen molar-refractivity contribution < 1.29 is 9.59 Å². The molecule has 0 atom stereocenters. The zero-order valence-corrected chi connectivity index (χ0v) is 14.8. The number of hydrogen-bond donors (Lipinski definition) is 4. The van der Waals surface area contributed by atoms with Crippen LogP contribution in [-0.2, 0) is 11.2 Å². The van der Waals surface area contributed by atoms with Crippen molar-refractivity contribution in [3.05, 3.63) is 67.0 Å². The van der Waals surface area contributed by atoms with E-state index in [9.17, 15) is 9.59 Å². The Balaban J connectivity index is 1.48. The summed E-state index contributed by atoms with van der Waals surface area (Å²) in [6.07, 6.45) is 2.46. The van der Waals surface area contributed by atoms with Crippen LogP contribution < -0.4 is 16.0 Å². The second kappa shape index (κ2) is 8.66. The summed E-state index contributed by atoms with van der Waals surface area (Å²) in [6.45, 7) is 3.93. The van der Waals surface area contributed by atoms with E-state index in [1.165, 1.54) is 0 Å². The van der Waals surface area contributed by atoms with Crippen LogP contribution in [0.5, 0.6) is 0 Å². The number of amides is 3. The number of anilines is 2. The first kappa shape index (κ1) is 18.2. The van der Waals surface area contributed by atoms with Crippen LogP contribution in [0, 0.1) is 0 Å². The molecule has 4 N–H and O–H groups in total. The summed E-state index contributed by atoms with van der Waals surface area (Å²) in [6, 6.07) is 14.4. The molecule has 0 saturated carbocycles. The molecular formula is C20H21N5O2. The molecule has 138 valence electrons. The molecule has 3 rings (SSSR count). The summed E-state index contributed by atoms with van der Waals surface area (Å²) < 4.78 is 0. The highest BCUT2D eigenvalue weighted by atomic mass is 16.2. The third kappa shape index (κ3) is 5.18. The van der Waals surface area contributed by atoms with Gasteiger partial charge in [0.15, 0.2) is 0 Å². The molecule has 0 bridgehead atoms. The van der Waals surface area contributed by atoms with Gasteiger partial charge in [-0.25, -0.2) is 9.78 Å². The molecule has 27 heavy (non-hydrogen) atoms. The number of benzene rings is 2. The molecule has 1 aromatic heterocycles. The molecule has 0 aliphatic rings. The molecule has 0 spiro atoms. The standard InChI is InChI=1S/C20H21N5O2/c1-2-13-21-20(27)23-15-9-7-14(8-10-15)22-19(26)12-11-18-24-16-5-3-4-6-17(16)25-18/h2-10H,1,11-13H2,(H,22,26)(H,24,25)(H2,21,23,27). The zero-order valence-electron chi connectivity index (χ0n) is 14.8. The third-order valence-electron chi connectivity index (χ3n) is 3.86. The topological polar surface area (TPSA) is 98.9 Å². The van der Waals surface area contributed by atoms with Crippen molar-refractivity contribution in [2.75, 3.05) is 17.2 Å². The number of fused-ring (bicyclic) bond motifs is 1. The SMILES string of the molecule is C=CCNC(=O)Nc1ccc(NC(=O)CCc2nc3ccccc3[nH]2)cc1. The number of imidazole rings is 1. The summed E-state index contributed by atoms with van der Waals surface area (Å²) in [5.74, 6) is 0.691. The molecule has 0 radical (unpaired) electrons. The van der Waals surface area contributed by atoms with Crippen molar-refractivity contribution in [3.8, 4) is 0 Å². The molecule has 0 saturated heterocycles. The Morgan fingerprint density at radius 3 is 2.44 bits per heavy atom. The Morgan fingerprint density at radius 2 is 1.74 bits per heavy atom. The lowest BCUT2D eigenvalue weighted by molar-refractivity contribution is -0.116. The van der Waals surface area contributed by atoms with E-state index < -0.39 is 0 Å². The Hall–Kier alpha value is -3.61. The number of aryl methyl sites for hydroxylation is 1. The van der Waals surface area contributed by atoms with Crippen LogP contribution in [0.25, 0.3) is 11.0 Å². The van der Waals surface area contributed by atoms with E-state index in [4.69, 9.17) is 0 Å². The number of nitrogens with one attached hydrogen (secondary N) is 4. The smallest absolute Gasteiger partial charge is 0.319 e. The van der Waals surface area contributed by atoms with Crippen molar-refractivity contribution in [1.82, 2.24) is 15.3 Å². The van der Waals surface area contributed by atoms with E-state index >= 15 is 0 Å². The first-order valence-electron chi connectivity index (χ1n) is 8.63. The minimum Gasteiger partial charge on any atom is -0.342 e. The van der Waals surface area contributed by atoms with Gasteiger partial charge in [0.2, 0.25) is 5.91 Å². The summed E-state index contributed by atoms with van der Waals surface area (Å²) in [4.78, 5) is 31.4. The van der Waals surface area contributed by atoms with Gasteiger partial charge in [0.25, 0.3) is 0 Å². The van der Waals surface area contributed by atoms with Crippen molar-refractivity contribution >= 4 is 34.3 Å². The number of aromatic nitrogens is 2. The third-order valence-corrected chi connectivity index (χ3v) is 3.86. The average molecular weight is 363 g/mol. The van der Waals surface area contributed by atoms with Gasteiger partial charge in [-0.3, -0.25) is 4.79 Å². The largest absolute Gasteiger partial charge is 0.342 e. The maximum absolute atomic E-state index is 12.1. The van der Waals surface area contributed by atoms with E-state index in [0.29, 0.717) is 30.8 Å². The molecule has 0 aliphatic heterocycles. The normalized spacial score (nSPS) is 10.4. The second-order valence-electron chi connectivity index (χ2n) is 5.95. The van der Waals surface area contributed by atoms with Crippen molar-refractivity contribution in [1.29, 1.82) is 0 Å². The number of aromatic amines is 1. The monoisotopic (exact) mass is 363 g/mol. The van der Waals surface area contributed by atoms with Gasteiger partial charge in [0.1, 0.15) is 5.82 Å². The highest BCUT2D eigenvalue weighted by Gasteiger charge is 2.07. The maximum Gasteiger partial charge on any atom is 0.319 e. The molecule has 7 nitrogen and oxygen atoms in total. The molecule has 0 aliphatic carbocycles. The van der Waals surface area contributed by atoms with Crippen LogP contribution >= 0.6 is 0 Å². The van der Waals surface area contributed by atoms with Gasteiger partial charge in [0, 0.05) is 30.8 Å². The molecule has 7 heteroatoms. The van der Waals surface area contributed by atoms with Gasteiger partial charge in [-0.2, -0.15) is 0 Å². The van der Waals surface area contributed by atoms with Crippen LogP contribution in [0.3, 0.4) is 0 Å². The van der Waals surface area contributed by atoms with Crippen LogP contribution in [0.1, 0.15) is 12.2 Å². The Bertz CT molecular complexity index is 913. The van der Waals surface area contributed by atoms with Crippen LogP contribution in [0.4, 0.5) is 16.2 Å². The van der Waals surface area contributed by atoms with Crippen molar-refractivity contribution in [2.45, 2.75) is 12.8 Å². The van der Waals surface area contributed by atoms with Gasteiger partial charge < -0.3 is 20.9 Å². The predicted molar refractivity (Wildman–Crippen MR) is 107 cm³/mol. The minimum atomic E-state index is -0.308. The van der Waals surface area contributed by atoms with Crippen LogP contribution in [0.2, 0.25) is 0 Å². The quantitative estimate of drug-likeness (QED) is 0.484. The lowest BCUT2D eigenvalue weighted by atomic mass is 10.2. The van der Waals surface area contributed by atoms with Crippen LogP contribution in [0.15, 0.2) is 61.2 Å². The van der Waals surface area contributed by atoms with Gasteiger partial charge >= 0.3 is 6.03 Å². The van der Waals surface area contributed by atoms with Gasteiger partial charge in [0.05, 0.1) is 11.0 Å². The zero-order chi connectivity index (χ0) is 19.1. The second-order valence-corrected chi connectivity index (χ2v) is 5.95. The first-order chi connectivity index (χ1) is 13.1. The number of nitrogens with zero attached hydrogens (tertiary/aromatic N) is 1. The fraction of sp³-hybridized carbons (Fsp3) is 0.150. The van der Waals surface area contributed by atoms with Crippen LogP contribution in [-0.4, -0.2) is 28.5 Å². The highest BCUT2D eigenvalue weighted by Crippen LogP contribution is 2.15. The number of urea groups is 1. The van der Waals surface area contributed by atoms with E-state index in [1.807, 2.05) is 24.3 Å². The molecular weight excluding hydrogens is 342 g/mol. The lowest BCUT2D eigenvalue weighted by Gasteiger charge is -2.08. The summed E-state index contributed by atoms with van der Waals surface area (Å²) in [7, 11) is 0. The van der Waals surface area contributed by atoms with E-state index in [2.05, 4.69) is 32.5 Å². The Kier molecular flexibility index (Phi) is 5.84. The Morgan fingerprint density at radius 1 is 1.04 bits per heavy atom. The van der Waals surface area contributed by atoms with Crippen molar-refractivity contribution in [2.24, 2.45) is 0 Å². The number of carbonyl (C=O) groups is 2.